The van der Waals surface area contributed by atoms with E-state index in [1.807, 2.05) is 0 Å². The van der Waals surface area contributed by atoms with Crippen LogP contribution in [0.15, 0.2) is 68.4 Å². The Hall–Kier alpha value is -1.97. The number of furan rings is 3. The molecule has 3 aromatic heterocycles. The molecule has 134 valence electrons. The molecular formula is C15H15O9P. The van der Waals surface area contributed by atoms with E-state index in [1.54, 1.807) is 36.4 Å². The van der Waals surface area contributed by atoms with Gasteiger partial charge in [-0.3, -0.25) is 0 Å². The fourth-order valence-electron chi connectivity index (χ4n) is 1.60. The largest absolute Gasteiger partial charge is 0.467 e. The molecule has 25 heavy (non-hydrogen) atoms. The lowest BCUT2D eigenvalue weighted by Crippen LogP contribution is -2.00. The Morgan fingerprint density at radius 1 is 0.600 bits per heavy atom. The molecule has 0 atom stereocenters. The lowest BCUT2D eigenvalue weighted by molar-refractivity contribution is -0.322. The van der Waals surface area contributed by atoms with Crippen molar-refractivity contribution in [1.82, 2.24) is 0 Å². The van der Waals surface area contributed by atoms with Crippen LogP contribution >= 0.6 is 8.60 Å². The van der Waals surface area contributed by atoms with Crippen molar-refractivity contribution >= 4 is 8.60 Å². The summed E-state index contributed by atoms with van der Waals surface area (Å²) in [6.07, 6.45) is 4.56. The summed E-state index contributed by atoms with van der Waals surface area (Å²) in [4.78, 5) is 15.0. The van der Waals surface area contributed by atoms with Crippen LogP contribution in [0, 0.1) is 0 Å². The van der Waals surface area contributed by atoms with E-state index in [4.69, 9.17) is 41.9 Å². The van der Waals surface area contributed by atoms with Crippen molar-refractivity contribution in [1.29, 1.82) is 0 Å². The van der Waals surface area contributed by atoms with Crippen molar-refractivity contribution in [2.75, 3.05) is 0 Å². The molecule has 0 fully saturated rings. The van der Waals surface area contributed by atoms with Gasteiger partial charge >= 0.3 is 8.60 Å². The fraction of sp³-hybridized carbons (Fsp3) is 0.200. The molecule has 0 N–H and O–H groups in total. The first-order valence-electron chi connectivity index (χ1n) is 7.16. The summed E-state index contributed by atoms with van der Waals surface area (Å²) in [5.41, 5.74) is 0. The van der Waals surface area contributed by atoms with Crippen LogP contribution in [0.4, 0.5) is 0 Å². The lowest BCUT2D eigenvalue weighted by Gasteiger charge is -2.12. The summed E-state index contributed by atoms with van der Waals surface area (Å²) in [6.45, 7) is 0.193. The molecular weight excluding hydrogens is 355 g/mol. The molecule has 0 amide bonds. The molecule has 0 aliphatic carbocycles. The van der Waals surface area contributed by atoms with Crippen LogP contribution < -0.4 is 0 Å². The quantitative estimate of drug-likeness (QED) is 0.260. The summed E-state index contributed by atoms with van der Waals surface area (Å²) in [5.74, 6) is 1.72. The second-order valence-electron chi connectivity index (χ2n) is 4.47. The molecule has 9 nitrogen and oxygen atoms in total. The first kappa shape index (κ1) is 17.8. The van der Waals surface area contributed by atoms with Gasteiger partial charge in [-0.25, -0.2) is 14.7 Å². The monoisotopic (exact) mass is 370 g/mol. The van der Waals surface area contributed by atoms with Gasteiger partial charge in [0, 0.05) is 0 Å². The molecule has 0 bridgehead atoms. The zero-order valence-electron chi connectivity index (χ0n) is 12.9. The molecule has 0 unspecified atom stereocenters. The Bertz CT molecular complexity index is 570. The maximum atomic E-state index is 5.11. The van der Waals surface area contributed by atoms with E-state index in [-0.39, 0.29) is 19.8 Å². The number of hydrogen-bond acceptors (Lipinski definition) is 9. The van der Waals surface area contributed by atoms with Crippen LogP contribution in [-0.2, 0) is 48.5 Å². The third kappa shape index (κ3) is 6.45. The van der Waals surface area contributed by atoms with Gasteiger partial charge in [0.05, 0.1) is 18.8 Å². The summed E-state index contributed by atoms with van der Waals surface area (Å²) in [5, 5.41) is 0. The van der Waals surface area contributed by atoms with E-state index in [2.05, 4.69) is 0 Å². The van der Waals surface area contributed by atoms with Crippen LogP contribution in [0.5, 0.6) is 0 Å². The maximum absolute atomic E-state index is 5.11. The predicted octanol–water partition coefficient (Wildman–Crippen LogP) is 4.44. The van der Waals surface area contributed by atoms with E-state index in [9.17, 15) is 0 Å². The second-order valence-corrected chi connectivity index (χ2v) is 5.37. The van der Waals surface area contributed by atoms with Crippen LogP contribution in [0.2, 0.25) is 0 Å². The summed E-state index contributed by atoms with van der Waals surface area (Å²) in [6, 6.07) is 10.4. The van der Waals surface area contributed by atoms with Gasteiger partial charge in [-0.2, -0.15) is 0 Å². The van der Waals surface area contributed by atoms with E-state index in [0.717, 1.165) is 0 Å². The molecule has 10 heteroatoms. The van der Waals surface area contributed by atoms with Crippen molar-refractivity contribution in [2.45, 2.75) is 19.8 Å². The third-order valence-electron chi connectivity index (χ3n) is 2.68. The normalized spacial score (nSPS) is 11.4. The Morgan fingerprint density at radius 3 is 1.24 bits per heavy atom. The van der Waals surface area contributed by atoms with Gasteiger partial charge in [0.25, 0.3) is 0 Å². The first-order chi connectivity index (χ1) is 12.4. The maximum Gasteiger partial charge on any atom is 0.421 e. The smallest absolute Gasteiger partial charge is 0.421 e. The number of hydrogen-bond donors (Lipinski definition) is 0. The van der Waals surface area contributed by atoms with Crippen molar-refractivity contribution in [2.24, 2.45) is 0 Å². The highest BCUT2D eigenvalue weighted by Gasteiger charge is 2.19. The minimum Gasteiger partial charge on any atom is -0.467 e. The Balaban J connectivity index is 1.40. The van der Waals surface area contributed by atoms with Gasteiger partial charge in [-0.05, 0) is 36.4 Å². The molecule has 0 aromatic carbocycles. The molecule has 3 rings (SSSR count). The van der Waals surface area contributed by atoms with Gasteiger partial charge in [0.15, 0.2) is 0 Å². The minimum atomic E-state index is -2.10. The molecule has 0 saturated heterocycles. The minimum absolute atomic E-state index is 0.0644. The summed E-state index contributed by atoms with van der Waals surface area (Å²) in [7, 11) is -2.10. The summed E-state index contributed by atoms with van der Waals surface area (Å²) >= 11 is 0. The van der Waals surface area contributed by atoms with Gasteiger partial charge in [0.2, 0.25) is 0 Å². The molecule has 0 saturated carbocycles. The summed E-state index contributed by atoms with van der Waals surface area (Å²) < 4.78 is 30.3. The zero-order chi connectivity index (χ0) is 17.2. The van der Waals surface area contributed by atoms with E-state index in [0.29, 0.717) is 17.3 Å². The highest BCUT2D eigenvalue weighted by molar-refractivity contribution is 7.41. The van der Waals surface area contributed by atoms with Crippen molar-refractivity contribution < 1.29 is 41.9 Å². The standard InChI is InChI=1S/C15H15O9P/c1-4-13(16-7-1)10-19-22-25(23-20-11-14-5-2-8-17-14)24-21-12-15-6-3-9-18-15/h1-9H,10-12H2. The van der Waals surface area contributed by atoms with Crippen molar-refractivity contribution in [3.63, 3.8) is 0 Å². The fourth-order valence-corrected chi connectivity index (χ4v) is 2.09. The highest BCUT2D eigenvalue weighted by atomic mass is 31.2. The molecule has 3 heterocycles. The van der Waals surface area contributed by atoms with Crippen LogP contribution in [-0.4, -0.2) is 0 Å². The van der Waals surface area contributed by atoms with Gasteiger partial charge < -0.3 is 13.3 Å². The van der Waals surface area contributed by atoms with Crippen LogP contribution in [0.25, 0.3) is 0 Å². The lowest BCUT2D eigenvalue weighted by atomic mass is 10.5. The topological polar surface area (TPSA) is 94.8 Å². The van der Waals surface area contributed by atoms with E-state index in [1.165, 1.54) is 18.8 Å². The molecule has 3 aromatic rings. The predicted molar refractivity (Wildman–Crippen MR) is 80.7 cm³/mol. The zero-order valence-corrected chi connectivity index (χ0v) is 13.8. The van der Waals surface area contributed by atoms with Crippen molar-refractivity contribution in [3.05, 3.63) is 72.5 Å². The number of rotatable bonds is 12. The third-order valence-corrected chi connectivity index (χ3v) is 3.37. The Kier molecular flexibility index (Phi) is 7.22. The Morgan fingerprint density at radius 2 is 0.960 bits per heavy atom. The van der Waals surface area contributed by atoms with Crippen LogP contribution in [0.1, 0.15) is 17.3 Å². The molecule has 0 radical (unpaired) electrons. The SMILES string of the molecule is c1coc(COOP(OOCc2ccco2)OOCc2ccco2)c1. The van der Waals surface area contributed by atoms with E-state index < -0.39 is 8.60 Å². The van der Waals surface area contributed by atoms with Gasteiger partial charge in [-0.1, -0.05) is 0 Å². The highest BCUT2D eigenvalue weighted by Crippen LogP contribution is 2.41. The van der Waals surface area contributed by atoms with Crippen molar-refractivity contribution in [3.8, 4) is 0 Å². The molecule has 0 spiro atoms. The first-order valence-corrected chi connectivity index (χ1v) is 8.26. The van der Waals surface area contributed by atoms with Gasteiger partial charge in [0.1, 0.15) is 37.1 Å². The molecule has 0 aliphatic heterocycles. The Labute approximate surface area is 143 Å². The molecule has 0 aliphatic rings. The van der Waals surface area contributed by atoms with Gasteiger partial charge in [-0.15, -0.1) is 14.0 Å². The average Bonchev–Trinajstić information content (AvgIpc) is 3.38. The van der Waals surface area contributed by atoms with Crippen LogP contribution in [0.3, 0.4) is 0 Å². The average molecular weight is 370 g/mol. The second kappa shape index (κ2) is 10.1. The van der Waals surface area contributed by atoms with E-state index >= 15 is 0 Å².